The fourth-order valence-corrected chi connectivity index (χ4v) is 1.77. The maximum absolute atomic E-state index is 5.88. The van der Waals surface area contributed by atoms with Crippen LogP contribution in [0.25, 0.3) is 11.0 Å². The average Bonchev–Trinajstić information content (AvgIpc) is 2.39. The number of benzene rings is 1. The largest absolute Gasteiger partial charge is 0.381 e. The summed E-state index contributed by atoms with van der Waals surface area (Å²) in [6.45, 7) is 2.08. The third-order valence-electron chi connectivity index (χ3n) is 2.69. The predicted molar refractivity (Wildman–Crippen MR) is 75.1 cm³/mol. The fourth-order valence-electron chi connectivity index (χ4n) is 1.77. The number of nitrogens with two attached hydrogens (primary N) is 1. The van der Waals surface area contributed by atoms with Crippen molar-refractivity contribution in [1.29, 1.82) is 0 Å². The third kappa shape index (κ3) is 2.51. The number of hydrogen-bond acceptors (Lipinski definition) is 4. The molecule has 0 fully saturated rings. The molecule has 1 unspecified atom stereocenters. The molecule has 0 amide bonds. The molecular formula is C14H16N4. The Morgan fingerprint density at radius 1 is 1.33 bits per heavy atom. The third-order valence-corrected chi connectivity index (χ3v) is 2.69. The summed E-state index contributed by atoms with van der Waals surface area (Å²) < 4.78 is 0. The van der Waals surface area contributed by atoms with Crippen molar-refractivity contribution in [3.8, 4) is 12.3 Å². The number of aromatic nitrogens is 2. The van der Waals surface area contributed by atoms with Crippen LogP contribution in [0.15, 0.2) is 24.3 Å². The quantitative estimate of drug-likeness (QED) is 0.806. The summed E-state index contributed by atoms with van der Waals surface area (Å²) in [4.78, 5) is 8.76. The second kappa shape index (κ2) is 5.37. The van der Waals surface area contributed by atoms with Crippen molar-refractivity contribution in [3.05, 3.63) is 24.3 Å². The summed E-state index contributed by atoms with van der Waals surface area (Å²) in [6.07, 6.45) is 7.35. The zero-order valence-corrected chi connectivity index (χ0v) is 10.4. The van der Waals surface area contributed by atoms with Crippen molar-refractivity contribution in [3.63, 3.8) is 0 Å². The van der Waals surface area contributed by atoms with E-state index in [1.165, 1.54) is 0 Å². The number of terminal acetylenes is 1. The Morgan fingerprint density at radius 2 is 2.00 bits per heavy atom. The van der Waals surface area contributed by atoms with Gasteiger partial charge in [0, 0.05) is 0 Å². The molecule has 0 saturated heterocycles. The number of nitrogens with one attached hydrogen (secondary N) is 1. The number of nitrogens with zero attached hydrogens (tertiary/aromatic N) is 2. The van der Waals surface area contributed by atoms with Gasteiger partial charge in [-0.15, -0.1) is 6.42 Å². The van der Waals surface area contributed by atoms with E-state index in [1.54, 1.807) is 0 Å². The van der Waals surface area contributed by atoms with Crippen LogP contribution < -0.4 is 11.1 Å². The Hall–Kier alpha value is -2.28. The molecule has 0 saturated carbocycles. The number of hydrogen-bond donors (Lipinski definition) is 2. The molecule has 0 spiro atoms. The Labute approximate surface area is 107 Å². The molecule has 0 aliphatic carbocycles. The van der Waals surface area contributed by atoms with Gasteiger partial charge < -0.3 is 11.1 Å². The first-order valence-corrected chi connectivity index (χ1v) is 5.99. The highest BCUT2D eigenvalue weighted by molar-refractivity contribution is 5.79. The molecule has 92 valence electrons. The van der Waals surface area contributed by atoms with Gasteiger partial charge in [0.25, 0.3) is 0 Å². The molecule has 1 aromatic heterocycles. The van der Waals surface area contributed by atoms with E-state index in [2.05, 4.69) is 28.1 Å². The molecule has 1 aromatic carbocycles. The minimum Gasteiger partial charge on any atom is -0.381 e. The molecule has 0 aliphatic heterocycles. The van der Waals surface area contributed by atoms with Crippen molar-refractivity contribution >= 4 is 22.7 Å². The first-order chi connectivity index (χ1) is 8.74. The van der Waals surface area contributed by atoms with Gasteiger partial charge >= 0.3 is 0 Å². The van der Waals surface area contributed by atoms with E-state index in [1.807, 2.05) is 24.3 Å². The Morgan fingerprint density at radius 3 is 2.61 bits per heavy atom. The maximum Gasteiger partial charge on any atom is 0.170 e. The first-order valence-electron chi connectivity index (χ1n) is 5.99. The van der Waals surface area contributed by atoms with Crippen LogP contribution in [0, 0.1) is 12.3 Å². The van der Waals surface area contributed by atoms with Crippen molar-refractivity contribution in [2.75, 3.05) is 11.1 Å². The minimum atomic E-state index is -0.0623. The Kier molecular flexibility index (Phi) is 3.63. The topological polar surface area (TPSA) is 63.8 Å². The number of anilines is 2. The number of fused-ring (bicyclic) bond motifs is 1. The van der Waals surface area contributed by atoms with Gasteiger partial charge in [0.1, 0.15) is 0 Å². The molecule has 0 aliphatic rings. The summed E-state index contributed by atoms with van der Waals surface area (Å²) >= 11 is 0. The monoisotopic (exact) mass is 240 g/mol. The molecule has 4 nitrogen and oxygen atoms in total. The number of para-hydroxylation sites is 2. The van der Waals surface area contributed by atoms with Crippen LogP contribution in [0.4, 0.5) is 11.6 Å². The Balaban J connectivity index is 2.33. The van der Waals surface area contributed by atoms with Gasteiger partial charge in [-0.25, -0.2) is 9.97 Å². The van der Waals surface area contributed by atoms with Crippen LogP contribution in [0.1, 0.15) is 19.8 Å². The van der Waals surface area contributed by atoms with Gasteiger partial charge in [0.2, 0.25) is 0 Å². The van der Waals surface area contributed by atoms with E-state index < -0.39 is 0 Å². The average molecular weight is 240 g/mol. The molecular weight excluding hydrogens is 224 g/mol. The molecule has 0 bridgehead atoms. The standard InChI is InChI=1S/C14H16N4/c1-3-7-10(4-2)16-14-13(15)17-11-8-5-6-9-12(11)18-14/h2,5-6,8-10H,3,7H2,1H3,(H2,15,17)(H,16,18). The second-order valence-corrected chi connectivity index (χ2v) is 4.10. The smallest absolute Gasteiger partial charge is 0.170 e. The molecule has 0 radical (unpaired) electrons. The van der Waals surface area contributed by atoms with Crippen LogP contribution in [0.3, 0.4) is 0 Å². The summed E-state index contributed by atoms with van der Waals surface area (Å²) in [5.74, 6) is 3.63. The number of rotatable bonds is 4. The van der Waals surface area contributed by atoms with E-state index in [0.29, 0.717) is 11.6 Å². The van der Waals surface area contributed by atoms with E-state index in [-0.39, 0.29) is 6.04 Å². The summed E-state index contributed by atoms with van der Waals surface area (Å²) in [5.41, 5.74) is 7.47. The molecule has 2 aromatic rings. The lowest BCUT2D eigenvalue weighted by atomic mass is 10.2. The van der Waals surface area contributed by atoms with E-state index in [9.17, 15) is 0 Å². The van der Waals surface area contributed by atoms with Crippen molar-refractivity contribution in [2.45, 2.75) is 25.8 Å². The zero-order valence-electron chi connectivity index (χ0n) is 10.4. The minimum absolute atomic E-state index is 0.0623. The molecule has 2 rings (SSSR count). The molecule has 1 heterocycles. The van der Waals surface area contributed by atoms with Crippen molar-refractivity contribution < 1.29 is 0 Å². The highest BCUT2D eigenvalue weighted by Crippen LogP contribution is 2.19. The van der Waals surface area contributed by atoms with Crippen LogP contribution in [-0.2, 0) is 0 Å². The second-order valence-electron chi connectivity index (χ2n) is 4.10. The maximum atomic E-state index is 5.88. The van der Waals surface area contributed by atoms with Gasteiger partial charge in [-0.2, -0.15) is 0 Å². The summed E-state index contributed by atoms with van der Waals surface area (Å²) in [7, 11) is 0. The van der Waals surface area contributed by atoms with Gasteiger partial charge in [-0.3, -0.25) is 0 Å². The molecule has 18 heavy (non-hydrogen) atoms. The normalized spacial score (nSPS) is 12.0. The van der Waals surface area contributed by atoms with Crippen LogP contribution in [-0.4, -0.2) is 16.0 Å². The van der Waals surface area contributed by atoms with Crippen LogP contribution in [0.5, 0.6) is 0 Å². The zero-order chi connectivity index (χ0) is 13.0. The van der Waals surface area contributed by atoms with Crippen LogP contribution >= 0.6 is 0 Å². The van der Waals surface area contributed by atoms with Crippen molar-refractivity contribution in [1.82, 2.24) is 9.97 Å². The molecule has 3 N–H and O–H groups in total. The lowest BCUT2D eigenvalue weighted by Gasteiger charge is -2.14. The van der Waals surface area contributed by atoms with Crippen molar-refractivity contribution in [2.24, 2.45) is 0 Å². The fraction of sp³-hybridized carbons (Fsp3) is 0.286. The van der Waals surface area contributed by atoms with Gasteiger partial charge in [0.15, 0.2) is 11.6 Å². The lowest BCUT2D eigenvalue weighted by molar-refractivity contribution is 0.753. The first kappa shape index (κ1) is 12.2. The predicted octanol–water partition coefficient (Wildman–Crippen LogP) is 2.43. The van der Waals surface area contributed by atoms with E-state index in [0.717, 1.165) is 23.9 Å². The number of nitrogen functional groups attached to an aromatic ring is 1. The highest BCUT2D eigenvalue weighted by Gasteiger charge is 2.09. The van der Waals surface area contributed by atoms with Gasteiger partial charge in [-0.1, -0.05) is 31.4 Å². The summed E-state index contributed by atoms with van der Waals surface area (Å²) in [6, 6.07) is 7.55. The van der Waals surface area contributed by atoms with Crippen LogP contribution in [0.2, 0.25) is 0 Å². The van der Waals surface area contributed by atoms with Gasteiger partial charge in [-0.05, 0) is 18.6 Å². The molecule has 4 heteroatoms. The lowest BCUT2D eigenvalue weighted by Crippen LogP contribution is -2.19. The molecule has 1 atom stereocenters. The van der Waals surface area contributed by atoms with Gasteiger partial charge in [0.05, 0.1) is 17.1 Å². The SMILES string of the molecule is C#CC(CCC)Nc1nc2ccccc2nc1N. The van der Waals surface area contributed by atoms with E-state index >= 15 is 0 Å². The summed E-state index contributed by atoms with van der Waals surface area (Å²) in [5, 5.41) is 3.16. The van der Waals surface area contributed by atoms with E-state index in [4.69, 9.17) is 12.2 Å². The highest BCUT2D eigenvalue weighted by atomic mass is 15.1. The Bertz CT molecular complexity index is 586.